The zero-order valence-corrected chi connectivity index (χ0v) is 14.8. The highest BCUT2D eigenvalue weighted by atomic mass is 32.2. The quantitative estimate of drug-likeness (QED) is 0.817. The van der Waals surface area contributed by atoms with Crippen LogP contribution in [-0.2, 0) is 14.8 Å². The van der Waals surface area contributed by atoms with E-state index in [1.807, 2.05) is 24.3 Å². The van der Waals surface area contributed by atoms with Crippen molar-refractivity contribution in [3.05, 3.63) is 29.8 Å². The molecule has 0 N–H and O–H groups in total. The van der Waals surface area contributed by atoms with Gasteiger partial charge in [0, 0.05) is 26.7 Å². The van der Waals surface area contributed by atoms with Crippen LogP contribution < -0.4 is 4.74 Å². The Hall–Kier alpha value is -1.60. The van der Waals surface area contributed by atoms with Gasteiger partial charge in [-0.15, -0.1) is 0 Å². The number of sulfonamides is 1. The van der Waals surface area contributed by atoms with Crippen molar-refractivity contribution in [1.82, 2.24) is 9.21 Å². The highest BCUT2D eigenvalue weighted by molar-refractivity contribution is 7.90. The second kappa shape index (κ2) is 6.88. The Kier molecular flexibility index (Phi) is 5.31. The first-order chi connectivity index (χ1) is 10.8. The van der Waals surface area contributed by atoms with Gasteiger partial charge in [0.05, 0.1) is 7.11 Å². The van der Waals surface area contributed by atoms with Crippen LogP contribution in [-0.4, -0.2) is 56.5 Å². The molecule has 7 heteroatoms. The molecule has 1 heterocycles. The number of rotatable bonds is 5. The van der Waals surface area contributed by atoms with Crippen LogP contribution in [0.25, 0.3) is 0 Å². The predicted octanol–water partition coefficient (Wildman–Crippen LogP) is 1.64. The monoisotopic (exact) mass is 340 g/mol. The third-order valence-electron chi connectivity index (χ3n) is 4.24. The summed E-state index contributed by atoms with van der Waals surface area (Å²) in [7, 11) is 1.02. The number of benzene rings is 1. The summed E-state index contributed by atoms with van der Waals surface area (Å²) in [5, 5.41) is -1.08. The van der Waals surface area contributed by atoms with Gasteiger partial charge in [0.1, 0.15) is 5.75 Å². The van der Waals surface area contributed by atoms with Gasteiger partial charge in [-0.25, -0.2) is 8.42 Å². The van der Waals surface area contributed by atoms with E-state index in [-0.39, 0.29) is 6.04 Å². The highest BCUT2D eigenvalue weighted by Crippen LogP contribution is 2.36. The number of hydrogen-bond donors (Lipinski definition) is 0. The maximum atomic E-state index is 12.9. The van der Waals surface area contributed by atoms with E-state index >= 15 is 0 Å². The van der Waals surface area contributed by atoms with E-state index in [2.05, 4.69) is 0 Å². The van der Waals surface area contributed by atoms with Gasteiger partial charge in [-0.2, -0.15) is 4.31 Å². The van der Waals surface area contributed by atoms with Crippen LogP contribution in [0.3, 0.4) is 0 Å². The molecule has 0 unspecified atom stereocenters. The lowest BCUT2D eigenvalue weighted by Gasteiger charge is -2.28. The lowest BCUT2D eigenvalue weighted by molar-refractivity contribution is -0.128. The van der Waals surface area contributed by atoms with E-state index in [1.54, 1.807) is 21.2 Å². The lowest BCUT2D eigenvalue weighted by Crippen LogP contribution is -2.44. The van der Waals surface area contributed by atoms with Crippen molar-refractivity contribution < 1.29 is 17.9 Å². The van der Waals surface area contributed by atoms with Crippen molar-refractivity contribution >= 4 is 15.9 Å². The molecule has 0 spiro atoms. The minimum Gasteiger partial charge on any atom is -0.497 e. The normalized spacial score (nSPS) is 20.3. The third kappa shape index (κ3) is 3.50. The molecule has 23 heavy (non-hydrogen) atoms. The van der Waals surface area contributed by atoms with Crippen LogP contribution in [0.15, 0.2) is 24.3 Å². The van der Waals surface area contributed by atoms with Gasteiger partial charge in [0.15, 0.2) is 5.25 Å². The maximum absolute atomic E-state index is 12.9. The first-order valence-electron chi connectivity index (χ1n) is 7.64. The van der Waals surface area contributed by atoms with Crippen molar-refractivity contribution in [3.63, 3.8) is 0 Å². The van der Waals surface area contributed by atoms with E-state index < -0.39 is 21.2 Å². The van der Waals surface area contributed by atoms with E-state index in [4.69, 9.17) is 4.74 Å². The predicted molar refractivity (Wildman–Crippen MR) is 88.8 cm³/mol. The van der Waals surface area contributed by atoms with Crippen LogP contribution in [0.2, 0.25) is 0 Å². The largest absolute Gasteiger partial charge is 0.497 e. The topological polar surface area (TPSA) is 66.9 Å². The number of nitrogens with zero attached hydrogens (tertiary/aromatic N) is 2. The fourth-order valence-corrected chi connectivity index (χ4v) is 4.76. The molecule has 6 nitrogen and oxygen atoms in total. The third-order valence-corrected chi connectivity index (χ3v) is 6.43. The second-order valence-corrected chi connectivity index (χ2v) is 8.17. The molecule has 1 aromatic carbocycles. The van der Waals surface area contributed by atoms with Gasteiger partial charge in [-0.1, -0.05) is 12.1 Å². The molecular formula is C16H24N2O4S. The Morgan fingerprint density at radius 3 is 2.70 bits per heavy atom. The minimum absolute atomic E-state index is 0.243. The summed E-state index contributed by atoms with van der Waals surface area (Å²) < 4.78 is 32.4. The van der Waals surface area contributed by atoms with Gasteiger partial charge in [-0.3, -0.25) is 4.79 Å². The van der Waals surface area contributed by atoms with Crippen LogP contribution in [0.1, 0.15) is 31.4 Å². The Bertz CT molecular complexity index is 672. The van der Waals surface area contributed by atoms with Crippen LogP contribution in [0.4, 0.5) is 0 Å². The molecular weight excluding hydrogens is 316 g/mol. The Morgan fingerprint density at radius 2 is 2.09 bits per heavy atom. The zero-order chi connectivity index (χ0) is 17.2. The van der Waals surface area contributed by atoms with Crippen molar-refractivity contribution in [2.45, 2.75) is 31.1 Å². The Balaban J connectivity index is 2.32. The summed E-state index contributed by atoms with van der Waals surface area (Å²) in [6.45, 7) is 1.90. The number of ether oxygens (including phenoxy) is 1. The number of hydrogen-bond acceptors (Lipinski definition) is 4. The molecule has 0 saturated carbocycles. The van der Waals surface area contributed by atoms with Crippen LogP contribution in [0.5, 0.6) is 5.75 Å². The number of carbonyl (C=O) groups excluding carboxylic acids is 1. The van der Waals surface area contributed by atoms with E-state index in [1.165, 1.54) is 16.1 Å². The summed E-state index contributed by atoms with van der Waals surface area (Å²) in [6, 6.07) is 7.20. The fraction of sp³-hybridized carbons (Fsp3) is 0.562. The molecule has 1 aliphatic rings. The summed E-state index contributed by atoms with van der Waals surface area (Å²) >= 11 is 0. The zero-order valence-electron chi connectivity index (χ0n) is 14.0. The minimum atomic E-state index is -3.70. The van der Waals surface area contributed by atoms with Gasteiger partial charge >= 0.3 is 0 Å². The smallest absolute Gasteiger partial charge is 0.241 e. The van der Waals surface area contributed by atoms with Crippen molar-refractivity contribution in [3.8, 4) is 5.75 Å². The van der Waals surface area contributed by atoms with Crippen LogP contribution in [0, 0.1) is 0 Å². The standard InChI is InChI=1S/C16H24N2O4S/c1-12(16(19)17(2)3)23(20,21)18-10-6-9-15(18)13-7-5-8-14(11-13)22-4/h5,7-8,11-12,15H,6,9-10H2,1-4H3/t12-,15+/m1/s1. The number of methoxy groups -OCH3 is 1. The van der Waals surface area contributed by atoms with E-state index in [0.29, 0.717) is 12.3 Å². The van der Waals surface area contributed by atoms with Crippen molar-refractivity contribution in [1.29, 1.82) is 0 Å². The van der Waals surface area contributed by atoms with Gasteiger partial charge in [0.2, 0.25) is 15.9 Å². The first kappa shape index (κ1) is 17.7. The van der Waals surface area contributed by atoms with Gasteiger partial charge in [-0.05, 0) is 37.5 Å². The summed E-state index contributed by atoms with van der Waals surface area (Å²) in [5.74, 6) is 0.297. The Morgan fingerprint density at radius 1 is 1.39 bits per heavy atom. The molecule has 128 valence electrons. The maximum Gasteiger partial charge on any atom is 0.241 e. The van der Waals surface area contributed by atoms with Crippen molar-refractivity contribution in [2.75, 3.05) is 27.7 Å². The first-order valence-corrected chi connectivity index (χ1v) is 9.15. The molecule has 1 saturated heterocycles. The van der Waals surface area contributed by atoms with E-state index in [0.717, 1.165) is 18.4 Å². The SMILES string of the molecule is COc1cccc([C@@H]2CCCN2S(=O)(=O)[C@H](C)C(=O)N(C)C)c1. The number of carbonyl (C=O) groups is 1. The molecule has 0 aliphatic carbocycles. The van der Waals surface area contributed by atoms with Crippen LogP contribution >= 0.6 is 0 Å². The summed E-state index contributed by atoms with van der Waals surface area (Å²) in [6.07, 6.45) is 1.53. The number of amides is 1. The van der Waals surface area contributed by atoms with Gasteiger partial charge < -0.3 is 9.64 Å². The molecule has 1 aliphatic heterocycles. The molecule has 2 atom stereocenters. The lowest BCUT2D eigenvalue weighted by atomic mass is 10.1. The molecule has 0 bridgehead atoms. The average Bonchev–Trinajstić information content (AvgIpc) is 3.03. The molecule has 0 radical (unpaired) electrons. The molecule has 0 aromatic heterocycles. The molecule has 1 fully saturated rings. The Labute approximate surface area is 138 Å². The second-order valence-electron chi connectivity index (χ2n) is 5.97. The molecule has 1 aromatic rings. The van der Waals surface area contributed by atoms with E-state index in [9.17, 15) is 13.2 Å². The summed E-state index contributed by atoms with van der Waals surface area (Å²) in [4.78, 5) is 13.4. The molecule has 1 amide bonds. The van der Waals surface area contributed by atoms with Gasteiger partial charge in [0.25, 0.3) is 0 Å². The fourth-order valence-electron chi connectivity index (χ4n) is 2.92. The molecule has 2 rings (SSSR count). The summed E-state index contributed by atoms with van der Waals surface area (Å²) in [5.41, 5.74) is 0.898. The van der Waals surface area contributed by atoms with Crippen molar-refractivity contribution in [2.24, 2.45) is 0 Å². The average molecular weight is 340 g/mol. The highest BCUT2D eigenvalue weighted by Gasteiger charge is 2.41.